The Labute approximate surface area is 108 Å². The highest BCUT2D eigenvalue weighted by Gasteiger charge is 2.13. The van der Waals surface area contributed by atoms with Gasteiger partial charge in [0.15, 0.2) is 0 Å². The van der Waals surface area contributed by atoms with E-state index in [4.69, 9.17) is 0 Å². The molecule has 0 spiro atoms. The van der Waals surface area contributed by atoms with Gasteiger partial charge in [0.05, 0.1) is 0 Å². The first-order valence-corrected chi connectivity index (χ1v) is 7.06. The molecule has 0 aromatic heterocycles. The lowest BCUT2D eigenvalue weighted by molar-refractivity contribution is 0.462. The molecular weight excluding hydrogens is 318 g/mol. The van der Waals surface area contributed by atoms with E-state index in [-0.39, 0.29) is 0 Å². The van der Waals surface area contributed by atoms with Gasteiger partial charge in [-0.05, 0) is 47.0 Å². The van der Waals surface area contributed by atoms with Crippen LogP contribution in [0.5, 0.6) is 0 Å². The zero-order chi connectivity index (χ0) is 10.7. The molecule has 2 rings (SSSR count). The highest BCUT2D eigenvalue weighted by atomic mass is 79.9. The fourth-order valence-electron chi connectivity index (χ4n) is 2.07. The molecule has 0 unspecified atom stereocenters. The maximum Gasteiger partial charge on any atom is 0.0487 e. The Morgan fingerprint density at radius 1 is 1.07 bits per heavy atom. The normalized spacial score (nSPS) is 17.7. The van der Waals surface area contributed by atoms with Crippen LogP contribution >= 0.6 is 31.9 Å². The van der Waals surface area contributed by atoms with Crippen LogP contribution in [0, 0.1) is 0 Å². The number of nitrogens with one attached hydrogen (secondary N) is 1. The molecule has 82 valence electrons. The Morgan fingerprint density at radius 2 is 1.80 bits per heavy atom. The van der Waals surface area contributed by atoms with Crippen LogP contribution in [-0.2, 0) is 0 Å². The standard InChI is InChI=1S/C12H15Br2N/c13-9-6-7-12(11(14)8-9)15-10-4-2-1-3-5-10/h6-8,10,15H,1-5H2. The van der Waals surface area contributed by atoms with E-state index >= 15 is 0 Å². The van der Waals surface area contributed by atoms with Crippen molar-refractivity contribution in [2.24, 2.45) is 0 Å². The molecule has 0 atom stereocenters. The van der Waals surface area contributed by atoms with Crippen molar-refractivity contribution in [2.45, 2.75) is 38.1 Å². The number of hydrogen-bond donors (Lipinski definition) is 1. The first-order valence-electron chi connectivity index (χ1n) is 5.47. The SMILES string of the molecule is Brc1ccc(NC2CCCCC2)c(Br)c1. The highest BCUT2D eigenvalue weighted by Crippen LogP contribution is 2.29. The number of rotatable bonds is 2. The Morgan fingerprint density at radius 3 is 2.47 bits per heavy atom. The molecule has 1 aliphatic carbocycles. The number of benzene rings is 1. The zero-order valence-corrected chi connectivity index (χ0v) is 11.8. The van der Waals surface area contributed by atoms with Gasteiger partial charge in [-0.25, -0.2) is 0 Å². The van der Waals surface area contributed by atoms with Crippen LogP contribution in [0.25, 0.3) is 0 Å². The van der Waals surface area contributed by atoms with Crippen LogP contribution in [0.15, 0.2) is 27.1 Å². The predicted molar refractivity (Wildman–Crippen MR) is 72.3 cm³/mol. The molecule has 0 bridgehead atoms. The molecule has 1 aromatic carbocycles. The van der Waals surface area contributed by atoms with Crippen LogP contribution in [0.2, 0.25) is 0 Å². The Kier molecular flexibility index (Phi) is 4.09. The van der Waals surface area contributed by atoms with Crippen molar-refractivity contribution in [3.63, 3.8) is 0 Å². The van der Waals surface area contributed by atoms with Gasteiger partial charge < -0.3 is 5.32 Å². The maximum atomic E-state index is 3.61. The van der Waals surface area contributed by atoms with Crippen molar-refractivity contribution >= 4 is 37.5 Å². The van der Waals surface area contributed by atoms with Crippen LogP contribution in [0.4, 0.5) is 5.69 Å². The van der Waals surface area contributed by atoms with E-state index in [1.807, 2.05) is 0 Å². The van der Waals surface area contributed by atoms with E-state index in [1.165, 1.54) is 37.8 Å². The maximum absolute atomic E-state index is 3.61. The summed E-state index contributed by atoms with van der Waals surface area (Å²) in [4.78, 5) is 0. The summed E-state index contributed by atoms with van der Waals surface area (Å²) in [6, 6.07) is 6.96. The van der Waals surface area contributed by atoms with Crippen molar-refractivity contribution < 1.29 is 0 Å². The van der Waals surface area contributed by atoms with Gasteiger partial charge in [0.2, 0.25) is 0 Å². The van der Waals surface area contributed by atoms with Crippen molar-refractivity contribution in [1.29, 1.82) is 0 Å². The zero-order valence-electron chi connectivity index (χ0n) is 8.60. The molecule has 0 radical (unpaired) electrons. The van der Waals surface area contributed by atoms with E-state index in [1.54, 1.807) is 0 Å². The minimum Gasteiger partial charge on any atom is -0.381 e. The molecule has 0 amide bonds. The lowest BCUT2D eigenvalue weighted by Crippen LogP contribution is -2.22. The van der Waals surface area contributed by atoms with E-state index in [0.29, 0.717) is 6.04 Å². The second-order valence-electron chi connectivity index (χ2n) is 4.10. The molecule has 1 saturated carbocycles. The third-order valence-corrected chi connectivity index (χ3v) is 4.05. The lowest BCUT2D eigenvalue weighted by Gasteiger charge is -2.24. The summed E-state index contributed by atoms with van der Waals surface area (Å²) < 4.78 is 2.26. The van der Waals surface area contributed by atoms with Crippen LogP contribution in [-0.4, -0.2) is 6.04 Å². The third-order valence-electron chi connectivity index (χ3n) is 2.90. The van der Waals surface area contributed by atoms with Gasteiger partial charge in [0.25, 0.3) is 0 Å². The first kappa shape index (κ1) is 11.5. The third kappa shape index (κ3) is 3.22. The average Bonchev–Trinajstić information content (AvgIpc) is 2.24. The van der Waals surface area contributed by atoms with Gasteiger partial charge in [-0.2, -0.15) is 0 Å². The quantitative estimate of drug-likeness (QED) is 0.807. The molecule has 0 heterocycles. The largest absolute Gasteiger partial charge is 0.381 e. The molecule has 1 aliphatic rings. The van der Waals surface area contributed by atoms with Gasteiger partial charge in [0, 0.05) is 20.7 Å². The van der Waals surface area contributed by atoms with Crippen molar-refractivity contribution in [2.75, 3.05) is 5.32 Å². The molecular formula is C12H15Br2N. The molecule has 1 nitrogen and oxygen atoms in total. The predicted octanol–water partition coefficient (Wildman–Crippen LogP) is 4.96. The Balaban J connectivity index is 2.03. The Bertz CT molecular complexity index is 332. The van der Waals surface area contributed by atoms with Crippen molar-refractivity contribution in [1.82, 2.24) is 0 Å². The summed E-state index contributed by atoms with van der Waals surface area (Å²) in [5.74, 6) is 0. The second kappa shape index (κ2) is 5.35. The lowest BCUT2D eigenvalue weighted by atomic mass is 9.95. The van der Waals surface area contributed by atoms with Crippen LogP contribution in [0.3, 0.4) is 0 Å². The van der Waals surface area contributed by atoms with Crippen molar-refractivity contribution in [3.05, 3.63) is 27.1 Å². The molecule has 1 aromatic rings. The summed E-state index contributed by atoms with van der Waals surface area (Å²) in [6.07, 6.45) is 6.75. The van der Waals surface area contributed by atoms with E-state index < -0.39 is 0 Å². The molecule has 1 N–H and O–H groups in total. The number of hydrogen-bond acceptors (Lipinski definition) is 1. The Hall–Kier alpha value is -0.0200. The van der Waals surface area contributed by atoms with Gasteiger partial charge in [-0.3, -0.25) is 0 Å². The van der Waals surface area contributed by atoms with Gasteiger partial charge in [-0.15, -0.1) is 0 Å². The van der Waals surface area contributed by atoms with Crippen LogP contribution in [0.1, 0.15) is 32.1 Å². The summed E-state index contributed by atoms with van der Waals surface area (Å²) in [5.41, 5.74) is 1.21. The minimum absolute atomic E-state index is 0.663. The van der Waals surface area contributed by atoms with E-state index in [0.717, 1.165) is 8.95 Å². The monoisotopic (exact) mass is 331 g/mol. The smallest absolute Gasteiger partial charge is 0.0487 e. The summed E-state index contributed by atoms with van der Waals surface area (Å²) in [7, 11) is 0. The van der Waals surface area contributed by atoms with E-state index in [9.17, 15) is 0 Å². The summed E-state index contributed by atoms with van der Waals surface area (Å²) in [6.45, 7) is 0. The molecule has 15 heavy (non-hydrogen) atoms. The number of anilines is 1. The molecule has 3 heteroatoms. The van der Waals surface area contributed by atoms with Crippen LogP contribution < -0.4 is 5.32 Å². The second-order valence-corrected chi connectivity index (χ2v) is 5.87. The summed E-state index contributed by atoms with van der Waals surface area (Å²) >= 11 is 7.05. The molecule has 0 aliphatic heterocycles. The summed E-state index contributed by atoms with van der Waals surface area (Å²) in [5, 5.41) is 3.61. The van der Waals surface area contributed by atoms with Crippen molar-refractivity contribution in [3.8, 4) is 0 Å². The minimum atomic E-state index is 0.663. The van der Waals surface area contributed by atoms with E-state index in [2.05, 4.69) is 55.4 Å². The van der Waals surface area contributed by atoms with Gasteiger partial charge in [-0.1, -0.05) is 35.2 Å². The fraction of sp³-hybridized carbons (Fsp3) is 0.500. The van der Waals surface area contributed by atoms with Gasteiger partial charge in [0.1, 0.15) is 0 Å². The fourth-order valence-corrected chi connectivity index (χ4v) is 3.23. The van der Waals surface area contributed by atoms with Gasteiger partial charge >= 0.3 is 0 Å². The topological polar surface area (TPSA) is 12.0 Å². The molecule has 0 saturated heterocycles. The molecule has 1 fully saturated rings. The number of halogens is 2. The highest BCUT2D eigenvalue weighted by molar-refractivity contribution is 9.11. The first-order chi connectivity index (χ1) is 7.25. The average molecular weight is 333 g/mol.